The molecule has 0 aliphatic rings. The first-order chi connectivity index (χ1) is 15.0. The Morgan fingerprint density at radius 3 is 2.39 bits per heavy atom. The van der Waals surface area contributed by atoms with Gasteiger partial charge in [0.25, 0.3) is 0 Å². The van der Waals surface area contributed by atoms with Gasteiger partial charge in [-0.3, -0.25) is 9.55 Å². The molecule has 0 aliphatic carbocycles. The molecule has 2 heterocycles. The molecule has 0 unspecified atom stereocenters. The first-order valence-electron chi connectivity index (χ1n) is 9.38. The minimum absolute atomic E-state index is 0.189. The molecule has 3 aromatic rings. The van der Waals surface area contributed by atoms with Crippen LogP contribution < -0.4 is 30.5 Å². The SMILES string of the molecule is COc1cc(NC(=O)NCCn2nc(-c3ccccn3)n(C)c2=O)cc(OC)c1OC. The van der Waals surface area contributed by atoms with Crippen molar-refractivity contribution in [3.05, 3.63) is 47.0 Å². The molecule has 3 rings (SSSR count). The highest BCUT2D eigenvalue weighted by Gasteiger charge is 2.15. The molecule has 0 bridgehead atoms. The number of hydrogen-bond acceptors (Lipinski definition) is 7. The molecule has 164 valence electrons. The molecule has 2 N–H and O–H groups in total. The van der Waals surface area contributed by atoms with Crippen LogP contribution >= 0.6 is 0 Å². The van der Waals surface area contributed by atoms with E-state index in [9.17, 15) is 9.59 Å². The third kappa shape index (κ3) is 4.77. The van der Waals surface area contributed by atoms with E-state index >= 15 is 0 Å². The lowest BCUT2D eigenvalue weighted by molar-refractivity contribution is 0.251. The lowest BCUT2D eigenvalue weighted by Crippen LogP contribution is -2.34. The van der Waals surface area contributed by atoms with Crippen LogP contribution in [0.25, 0.3) is 11.5 Å². The van der Waals surface area contributed by atoms with E-state index in [1.54, 1.807) is 37.5 Å². The van der Waals surface area contributed by atoms with E-state index in [2.05, 4.69) is 20.7 Å². The fourth-order valence-electron chi connectivity index (χ4n) is 2.96. The predicted molar refractivity (Wildman–Crippen MR) is 114 cm³/mol. The molecule has 31 heavy (non-hydrogen) atoms. The van der Waals surface area contributed by atoms with Crippen molar-refractivity contribution in [2.45, 2.75) is 6.54 Å². The molecule has 2 amide bonds. The van der Waals surface area contributed by atoms with Crippen molar-refractivity contribution in [1.29, 1.82) is 0 Å². The number of benzene rings is 1. The summed E-state index contributed by atoms with van der Waals surface area (Å²) in [6.45, 7) is 0.386. The lowest BCUT2D eigenvalue weighted by Gasteiger charge is -2.14. The number of methoxy groups -OCH3 is 3. The third-order valence-electron chi connectivity index (χ3n) is 4.47. The second-order valence-corrected chi connectivity index (χ2v) is 6.40. The van der Waals surface area contributed by atoms with E-state index in [0.29, 0.717) is 34.5 Å². The minimum Gasteiger partial charge on any atom is -0.493 e. The second kappa shape index (κ2) is 9.65. The second-order valence-electron chi connectivity index (χ2n) is 6.40. The molecule has 11 nitrogen and oxygen atoms in total. The van der Waals surface area contributed by atoms with Crippen LogP contribution in [-0.4, -0.2) is 53.2 Å². The van der Waals surface area contributed by atoms with Crippen LogP contribution in [0.3, 0.4) is 0 Å². The average molecular weight is 428 g/mol. The zero-order valence-electron chi connectivity index (χ0n) is 17.7. The van der Waals surface area contributed by atoms with Gasteiger partial charge in [0.05, 0.1) is 33.6 Å². The molecule has 1 aromatic carbocycles. The van der Waals surface area contributed by atoms with Crippen LogP contribution in [0.5, 0.6) is 17.2 Å². The number of anilines is 1. The monoisotopic (exact) mass is 428 g/mol. The highest BCUT2D eigenvalue weighted by molar-refractivity contribution is 5.90. The van der Waals surface area contributed by atoms with E-state index < -0.39 is 6.03 Å². The number of aromatic nitrogens is 4. The van der Waals surface area contributed by atoms with Gasteiger partial charge in [0, 0.05) is 31.9 Å². The van der Waals surface area contributed by atoms with Gasteiger partial charge >= 0.3 is 11.7 Å². The first kappa shape index (κ1) is 21.7. The summed E-state index contributed by atoms with van der Waals surface area (Å²) in [7, 11) is 6.11. The van der Waals surface area contributed by atoms with Crippen molar-refractivity contribution in [3.8, 4) is 28.8 Å². The number of carbonyl (C=O) groups is 1. The van der Waals surface area contributed by atoms with Gasteiger partial charge in [0.2, 0.25) is 5.75 Å². The van der Waals surface area contributed by atoms with Gasteiger partial charge in [-0.05, 0) is 12.1 Å². The fourth-order valence-corrected chi connectivity index (χ4v) is 2.96. The summed E-state index contributed by atoms with van der Waals surface area (Å²) < 4.78 is 18.5. The number of ether oxygens (including phenoxy) is 3. The summed E-state index contributed by atoms with van der Waals surface area (Å²) in [5.74, 6) is 1.71. The van der Waals surface area contributed by atoms with Crippen molar-refractivity contribution in [2.75, 3.05) is 33.2 Å². The normalized spacial score (nSPS) is 10.5. The van der Waals surface area contributed by atoms with Gasteiger partial charge in [-0.15, -0.1) is 5.10 Å². The minimum atomic E-state index is -0.455. The van der Waals surface area contributed by atoms with Gasteiger partial charge in [-0.25, -0.2) is 14.3 Å². The maximum atomic E-state index is 12.4. The van der Waals surface area contributed by atoms with Gasteiger partial charge in [0.15, 0.2) is 17.3 Å². The summed E-state index contributed by atoms with van der Waals surface area (Å²) in [6.07, 6.45) is 1.63. The van der Waals surface area contributed by atoms with Crippen LogP contribution in [0.4, 0.5) is 10.5 Å². The Morgan fingerprint density at radius 2 is 1.81 bits per heavy atom. The zero-order valence-corrected chi connectivity index (χ0v) is 17.7. The Hall–Kier alpha value is -4.02. The fraction of sp³-hybridized carbons (Fsp3) is 0.300. The van der Waals surface area contributed by atoms with Gasteiger partial charge in [0.1, 0.15) is 5.69 Å². The number of rotatable bonds is 8. The topological polar surface area (TPSA) is 122 Å². The van der Waals surface area contributed by atoms with E-state index in [1.807, 2.05) is 6.07 Å². The maximum absolute atomic E-state index is 12.4. The smallest absolute Gasteiger partial charge is 0.346 e. The molecule has 0 spiro atoms. The average Bonchev–Trinajstić information content (AvgIpc) is 3.07. The van der Waals surface area contributed by atoms with Crippen molar-refractivity contribution < 1.29 is 19.0 Å². The van der Waals surface area contributed by atoms with Gasteiger partial charge in [-0.1, -0.05) is 6.07 Å². The Morgan fingerprint density at radius 1 is 1.10 bits per heavy atom. The summed E-state index contributed by atoms with van der Waals surface area (Å²) >= 11 is 0. The Kier molecular flexibility index (Phi) is 6.75. The quantitative estimate of drug-likeness (QED) is 0.557. The van der Waals surface area contributed by atoms with E-state index in [-0.39, 0.29) is 18.8 Å². The number of nitrogens with one attached hydrogen (secondary N) is 2. The molecule has 0 fully saturated rings. The van der Waals surface area contributed by atoms with Crippen molar-refractivity contribution >= 4 is 11.7 Å². The predicted octanol–water partition coefficient (Wildman–Crippen LogP) is 1.49. The largest absolute Gasteiger partial charge is 0.493 e. The maximum Gasteiger partial charge on any atom is 0.346 e. The number of pyridine rings is 1. The van der Waals surface area contributed by atoms with E-state index in [1.165, 1.54) is 30.6 Å². The van der Waals surface area contributed by atoms with Crippen LogP contribution in [-0.2, 0) is 13.6 Å². The molecular weight excluding hydrogens is 404 g/mol. The lowest BCUT2D eigenvalue weighted by atomic mass is 10.2. The summed E-state index contributed by atoms with van der Waals surface area (Å²) in [5.41, 5.74) is 0.751. The van der Waals surface area contributed by atoms with Crippen LogP contribution in [0, 0.1) is 0 Å². The number of hydrogen-bond donors (Lipinski definition) is 2. The van der Waals surface area contributed by atoms with Crippen molar-refractivity contribution in [1.82, 2.24) is 24.6 Å². The molecule has 0 saturated heterocycles. The van der Waals surface area contributed by atoms with Crippen molar-refractivity contribution in [2.24, 2.45) is 7.05 Å². The Bertz CT molecular complexity index is 1080. The summed E-state index contributed by atoms with van der Waals surface area (Å²) in [6, 6.07) is 8.15. The highest BCUT2D eigenvalue weighted by atomic mass is 16.5. The first-order valence-corrected chi connectivity index (χ1v) is 9.38. The molecule has 0 radical (unpaired) electrons. The molecule has 0 atom stereocenters. The number of amides is 2. The van der Waals surface area contributed by atoms with Crippen LogP contribution in [0.15, 0.2) is 41.3 Å². The van der Waals surface area contributed by atoms with E-state index in [4.69, 9.17) is 14.2 Å². The standard InChI is InChI=1S/C20H24N6O5/c1-25-18(14-7-5-6-8-21-14)24-26(20(25)28)10-9-22-19(27)23-13-11-15(29-2)17(31-4)16(12-13)30-3/h5-8,11-12H,9-10H2,1-4H3,(H2,22,23,27). The van der Waals surface area contributed by atoms with Crippen LogP contribution in [0.2, 0.25) is 0 Å². The van der Waals surface area contributed by atoms with Gasteiger partial charge in [-0.2, -0.15) is 0 Å². The molecular formula is C20H24N6O5. The molecule has 0 aliphatic heterocycles. The zero-order chi connectivity index (χ0) is 22.4. The van der Waals surface area contributed by atoms with E-state index in [0.717, 1.165) is 0 Å². The molecule has 11 heteroatoms. The highest BCUT2D eigenvalue weighted by Crippen LogP contribution is 2.39. The molecule has 0 saturated carbocycles. The van der Waals surface area contributed by atoms with Crippen LogP contribution in [0.1, 0.15) is 0 Å². The third-order valence-corrected chi connectivity index (χ3v) is 4.47. The molecule has 2 aromatic heterocycles. The Labute approximate surface area is 178 Å². The summed E-state index contributed by atoms with van der Waals surface area (Å²) in [4.78, 5) is 28.9. The van der Waals surface area contributed by atoms with Gasteiger partial charge < -0.3 is 24.8 Å². The van der Waals surface area contributed by atoms with Crippen molar-refractivity contribution in [3.63, 3.8) is 0 Å². The summed E-state index contributed by atoms with van der Waals surface area (Å²) in [5, 5.41) is 9.70. The Balaban J connectivity index is 1.63. The number of carbonyl (C=O) groups excluding carboxylic acids is 1. The number of nitrogens with zero attached hydrogens (tertiary/aromatic N) is 4. The number of urea groups is 1.